The average Bonchev–Trinajstić information content (AvgIpc) is 2.89. The van der Waals surface area contributed by atoms with Gasteiger partial charge >= 0.3 is 5.97 Å². The van der Waals surface area contributed by atoms with Crippen LogP contribution in [-0.4, -0.2) is 29.1 Å². The summed E-state index contributed by atoms with van der Waals surface area (Å²) < 4.78 is 5.30. The lowest BCUT2D eigenvalue weighted by Gasteiger charge is -2.26. The number of phenols is 1. The van der Waals surface area contributed by atoms with Crippen molar-refractivity contribution < 1.29 is 19.4 Å². The summed E-state index contributed by atoms with van der Waals surface area (Å²) in [6.45, 7) is 5.34. The molecule has 0 unspecified atom stereocenters. The minimum atomic E-state index is -0.943. The summed E-state index contributed by atoms with van der Waals surface area (Å²) >= 11 is 0. The first-order valence-electron chi connectivity index (χ1n) is 8.30. The number of ether oxygens (including phenoxy) is 1. The Morgan fingerprint density at radius 3 is 2.68 bits per heavy atom. The predicted molar refractivity (Wildman–Crippen MR) is 94.8 cm³/mol. The molecule has 2 atom stereocenters. The van der Waals surface area contributed by atoms with Gasteiger partial charge in [-0.25, -0.2) is 4.79 Å². The van der Waals surface area contributed by atoms with Crippen molar-refractivity contribution in [2.75, 3.05) is 4.90 Å². The van der Waals surface area contributed by atoms with Crippen LogP contribution in [-0.2, 0) is 16.0 Å². The van der Waals surface area contributed by atoms with Crippen molar-refractivity contribution in [2.45, 2.75) is 39.3 Å². The van der Waals surface area contributed by atoms with Crippen LogP contribution in [0, 0.1) is 6.92 Å². The van der Waals surface area contributed by atoms with Crippen molar-refractivity contribution in [3.8, 4) is 5.75 Å². The Morgan fingerprint density at radius 1 is 1.24 bits per heavy atom. The highest BCUT2D eigenvalue weighted by Crippen LogP contribution is 2.32. The molecule has 25 heavy (non-hydrogen) atoms. The van der Waals surface area contributed by atoms with Gasteiger partial charge in [0.05, 0.1) is 0 Å². The molecule has 1 amide bonds. The quantitative estimate of drug-likeness (QED) is 0.872. The number of rotatable bonds is 3. The standard InChI is InChI=1S/C20H21NO4/c1-12-8-9-16(18(22)10-12)20(24)25-14(3)19(23)21-13(2)11-15-6-4-5-7-17(15)21/h4-10,13-14,22H,11H2,1-3H3/t13-,14-/m0/s1. The second kappa shape index (κ2) is 6.59. The molecule has 0 radical (unpaired) electrons. The average molecular weight is 339 g/mol. The molecule has 130 valence electrons. The maximum atomic E-state index is 12.8. The molecule has 0 saturated heterocycles. The molecule has 2 aromatic rings. The highest BCUT2D eigenvalue weighted by molar-refractivity contribution is 6.01. The zero-order chi connectivity index (χ0) is 18.1. The minimum absolute atomic E-state index is 0.0128. The van der Waals surface area contributed by atoms with E-state index in [2.05, 4.69) is 0 Å². The normalized spacial score (nSPS) is 17.1. The molecule has 1 heterocycles. The summed E-state index contributed by atoms with van der Waals surface area (Å²) in [4.78, 5) is 26.8. The molecule has 0 fully saturated rings. The number of amides is 1. The first-order valence-corrected chi connectivity index (χ1v) is 8.30. The summed E-state index contributed by atoms with van der Waals surface area (Å²) in [6, 6.07) is 12.4. The maximum Gasteiger partial charge on any atom is 0.342 e. The fraction of sp³-hybridized carbons (Fsp3) is 0.300. The molecule has 5 heteroatoms. The Hall–Kier alpha value is -2.82. The third-order valence-electron chi connectivity index (χ3n) is 4.45. The summed E-state index contributed by atoms with van der Waals surface area (Å²) in [7, 11) is 0. The van der Waals surface area contributed by atoms with E-state index in [0.29, 0.717) is 0 Å². The molecular formula is C20H21NO4. The Bertz CT molecular complexity index is 830. The Labute approximate surface area is 146 Å². The lowest BCUT2D eigenvalue weighted by molar-refractivity contribution is -0.126. The van der Waals surface area contributed by atoms with Gasteiger partial charge in [-0.1, -0.05) is 24.3 Å². The second-order valence-electron chi connectivity index (χ2n) is 6.46. The maximum absolute atomic E-state index is 12.8. The SMILES string of the molecule is Cc1ccc(C(=O)O[C@@H](C)C(=O)N2c3ccccc3C[C@@H]2C)c(O)c1. The van der Waals surface area contributed by atoms with Gasteiger partial charge < -0.3 is 14.7 Å². The first kappa shape index (κ1) is 17.0. The number of fused-ring (bicyclic) bond motifs is 1. The monoisotopic (exact) mass is 339 g/mol. The van der Waals surface area contributed by atoms with Gasteiger partial charge in [0.2, 0.25) is 0 Å². The lowest BCUT2D eigenvalue weighted by Crippen LogP contribution is -2.43. The van der Waals surface area contributed by atoms with Gasteiger partial charge in [-0.2, -0.15) is 0 Å². The molecule has 1 N–H and O–H groups in total. The molecule has 0 aliphatic carbocycles. The Kier molecular flexibility index (Phi) is 4.49. The molecule has 3 rings (SSSR count). The largest absolute Gasteiger partial charge is 0.507 e. The molecule has 0 aromatic heterocycles. The van der Waals surface area contributed by atoms with E-state index in [9.17, 15) is 14.7 Å². The minimum Gasteiger partial charge on any atom is -0.507 e. The van der Waals surface area contributed by atoms with Crippen LogP contribution in [0.4, 0.5) is 5.69 Å². The zero-order valence-corrected chi connectivity index (χ0v) is 14.5. The van der Waals surface area contributed by atoms with Crippen LogP contribution in [0.25, 0.3) is 0 Å². The van der Waals surface area contributed by atoms with E-state index >= 15 is 0 Å². The molecule has 0 saturated carbocycles. The number of benzene rings is 2. The molecule has 0 bridgehead atoms. The van der Waals surface area contributed by atoms with Crippen LogP contribution in [0.1, 0.15) is 35.3 Å². The summed E-state index contributed by atoms with van der Waals surface area (Å²) in [5.41, 5.74) is 2.86. The van der Waals surface area contributed by atoms with Crippen molar-refractivity contribution in [2.24, 2.45) is 0 Å². The van der Waals surface area contributed by atoms with E-state index in [-0.39, 0.29) is 23.3 Å². The van der Waals surface area contributed by atoms with Crippen LogP contribution in [0.3, 0.4) is 0 Å². The van der Waals surface area contributed by atoms with E-state index in [1.54, 1.807) is 17.9 Å². The van der Waals surface area contributed by atoms with E-state index in [0.717, 1.165) is 23.2 Å². The third-order valence-corrected chi connectivity index (χ3v) is 4.45. The number of phenolic OH excluding ortho intramolecular Hbond substituents is 1. The smallest absolute Gasteiger partial charge is 0.342 e. The topological polar surface area (TPSA) is 66.8 Å². The van der Waals surface area contributed by atoms with Crippen LogP contribution in [0.2, 0.25) is 0 Å². The third kappa shape index (κ3) is 3.22. The van der Waals surface area contributed by atoms with E-state index in [1.165, 1.54) is 12.1 Å². The van der Waals surface area contributed by atoms with Crippen molar-refractivity contribution in [3.05, 3.63) is 59.2 Å². The van der Waals surface area contributed by atoms with Gasteiger partial charge in [-0.15, -0.1) is 0 Å². The van der Waals surface area contributed by atoms with Gasteiger partial charge in [-0.3, -0.25) is 4.79 Å². The van der Waals surface area contributed by atoms with Crippen LogP contribution >= 0.6 is 0 Å². The van der Waals surface area contributed by atoms with Gasteiger partial charge in [0, 0.05) is 11.7 Å². The van der Waals surface area contributed by atoms with Crippen LogP contribution < -0.4 is 4.90 Å². The summed E-state index contributed by atoms with van der Waals surface area (Å²) in [5, 5.41) is 9.90. The summed E-state index contributed by atoms with van der Waals surface area (Å²) in [6.07, 6.45) is -0.164. The number of carbonyl (C=O) groups is 2. The lowest BCUT2D eigenvalue weighted by atomic mass is 10.1. The highest BCUT2D eigenvalue weighted by Gasteiger charge is 2.34. The summed E-state index contributed by atoms with van der Waals surface area (Å²) in [5.74, 6) is -1.12. The zero-order valence-electron chi connectivity index (χ0n) is 14.5. The van der Waals surface area contributed by atoms with E-state index in [1.807, 2.05) is 38.1 Å². The number of para-hydroxylation sites is 1. The van der Waals surface area contributed by atoms with Gasteiger partial charge in [-0.05, 0) is 56.5 Å². The number of carbonyl (C=O) groups excluding carboxylic acids is 2. The molecule has 5 nitrogen and oxygen atoms in total. The Balaban J connectivity index is 1.76. The van der Waals surface area contributed by atoms with Gasteiger partial charge in [0.15, 0.2) is 6.10 Å². The number of nitrogens with zero attached hydrogens (tertiary/aromatic N) is 1. The number of hydrogen-bond acceptors (Lipinski definition) is 4. The molecule has 0 spiro atoms. The van der Waals surface area contributed by atoms with Crippen LogP contribution in [0.15, 0.2) is 42.5 Å². The number of esters is 1. The van der Waals surface area contributed by atoms with E-state index in [4.69, 9.17) is 4.74 Å². The van der Waals surface area contributed by atoms with Crippen molar-refractivity contribution in [1.29, 1.82) is 0 Å². The van der Waals surface area contributed by atoms with Gasteiger partial charge in [0.1, 0.15) is 11.3 Å². The number of aryl methyl sites for hydroxylation is 1. The predicted octanol–water partition coefficient (Wildman–Crippen LogP) is 3.22. The van der Waals surface area contributed by atoms with Gasteiger partial charge in [0.25, 0.3) is 5.91 Å². The van der Waals surface area contributed by atoms with E-state index < -0.39 is 12.1 Å². The molecule has 1 aliphatic rings. The first-order chi connectivity index (χ1) is 11.9. The van der Waals surface area contributed by atoms with Crippen LogP contribution in [0.5, 0.6) is 5.75 Å². The highest BCUT2D eigenvalue weighted by atomic mass is 16.5. The number of anilines is 1. The fourth-order valence-corrected chi connectivity index (χ4v) is 3.19. The van der Waals surface area contributed by atoms with Crippen molar-refractivity contribution in [3.63, 3.8) is 0 Å². The number of aromatic hydroxyl groups is 1. The Morgan fingerprint density at radius 2 is 1.96 bits per heavy atom. The number of hydrogen-bond donors (Lipinski definition) is 1. The molecule has 1 aliphatic heterocycles. The molecular weight excluding hydrogens is 318 g/mol. The molecule has 2 aromatic carbocycles. The van der Waals surface area contributed by atoms with Crippen molar-refractivity contribution >= 4 is 17.6 Å². The fourth-order valence-electron chi connectivity index (χ4n) is 3.19. The second-order valence-corrected chi connectivity index (χ2v) is 6.46. The van der Waals surface area contributed by atoms with Crippen molar-refractivity contribution in [1.82, 2.24) is 0 Å².